The topological polar surface area (TPSA) is 26.0 Å². The molecule has 0 aromatic heterocycles. The molecule has 1 heteroatoms. The predicted octanol–water partition coefficient (Wildman–Crippen LogP) is 3.72. The first-order valence-electron chi connectivity index (χ1n) is 6.49. The van der Waals surface area contributed by atoms with E-state index in [-0.39, 0.29) is 0 Å². The lowest BCUT2D eigenvalue weighted by molar-refractivity contribution is 0.280. The van der Waals surface area contributed by atoms with Crippen molar-refractivity contribution in [3.05, 3.63) is 0 Å². The van der Waals surface area contributed by atoms with Gasteiger partial charge in [-0.1, -0.05) is 52.4 Å². The highest BCUT2D eigenvalue weighted by Gasteiger charge is 2.19. The quantitative estimate of drug-likeness (QED) is 0.714. The maximum absolute atomic E-state index is 6.23. The minimum atomic E-state index is 0.457. The molecule has 2 N–H and O–H groups in total. The van der Waals surface area contributed by atoms with Gasteiger partial charge >= 0.3 is 0 Å². The summed E-state index contributed by atoms with van der Waals surface area (Å²) in [5.74, 6) is 1.67. The van der Waals surface area contributed by atoms with Crippen LogP contribution in [-0.2, 0) is 0 Å². The van der Waals surface area contributed by atoms with Crippen LogP contribution in [0.2, 0.25) is 0 Å². The monoisotopic (exact) mass is 197 g/mol. The largest absolute Gasteiger partial charge is 0.327 e. The van der Waals surface area contributed by atoms with Crippen LogP contribution in [0.25, 0.3) is 0 Å². The molecule has 1 rings (SSSR count). The van der Waals surface area contributed by atoms with E-state index in [1.54, 1.807) is 0 Å². The zero-order chi connectivity index (χ0) is 10.4. The molecular weight excluding hydrogens is 170 g/mol. The molecule has 0 amide bonds. The normalized spacial score (nSPS) is 23.4. The molecule has 1 fully saturated rings. The third-order valence-corrected chi connectivity index (χ3v) is 3.81. The Morgan fingerprint density at radius 1 is 1.21 bits per heavy atom. The lowest BCUT2D eigenvalue weighted by atomic mass is 9.81. The van der Waals surface area contributed by atoms with E-state index in [0.717, 1.165) is 11.8 Å². The SMILES string of the molecule is CCCC(C)C(N)CC1CCCCC1. The number of hydrogen-bond donors (Lipinski definition) is 1. The number of rotatable bonds is 5. The van der Waals surface area contributed by atoms with E-state index < -0.39 is 0 Å². The highest BCUT2D eigenvalue weighted by molar-refractivity contribution is 4.75. The molecular formula is C13H27N. The van der Waals surface area contributed by atoms with Crippen LogP contribution < -0.4 is 5.73 Å². The third-order valence-electron chi connectivity index (χ3n) is 3.81. The summed E-state index contributed by atoms with van der Waals surface area (Å²) in [6.07, 6.45) is 11.1. The van der Waals surface area contributed by atoms with Crippen molar-refractivity contribution in [2.75, 3.05) is 0 Å². The fourth-order valence-corrected chi connectivity index (χ4v) is 2.71. The van der Waals surface area contributed by atoms with E-state index in [4.69, 9.17) is 5.73 Å². The van der Waals surface area contributed by atoms with E-state index in [1.807, 2.05) is 0 Å². The summed E-state index contributed by atoms with van der Waals surface area (Å²) >= 11 is 0. The van der Waals surface area contributed by atoms with Crippen molar-refractivity contribution >= 4 is 0 Å². The van der Waals surface area contributed by atoms with Crippen molar-refractivity contribution in [1.82, 2.24) is 0 Å². The molecule has 0 saturated heterocycles. The molecule has 1 saturated carbocycles. The van der Waals surface area contributed by atoms with Gasteiger partial charge in [-0.25, -0.2) is 0 Å². The molecule has 0 aromatic carbocycles. The van der Waals surface area contributed by atoms with Gasteiger partial charge in [0.25, 0.3) is 0 Å². The van der Waals surface area contributed by atoms with Crippen LogP contribution in [0.15, 0.2) is 0 Å². The van der Waals surface area contributed by atoms with Crippen molar-refractivity contribution in [2.45, 2.75) is 71.3 Å². The second-order valence-electron chi connectivity index (χ2n) is 5.17. The van der Waals surface area contributed by atoms with Gasteiger partial charge in [-0.05, 0) is 24.7 Å². The summed E-state index contributed by atoms with van der Waals surface area (Å²) in [7, 11) is 0. The smallest absolute Gasteiger partial charge is 0.00671 e. The number of hydrogen-bond acceptors (Lipinski definition) is 1. The first-order valence-corrected chi connectivity index (χ1v) is 6.49. The van der Waals surface area contributed by atoms with E-state index in [2.05, 4.69) is 13.8 Å². The van der Waals surface area contributed by atoms with Gasteiger partial charge in [-0.15, -0.1) is 0 Å². The zero-order valence-electron chi connectivity index (χ0n) is 9.97. The molecule has 0 radical (unpaired) electrons. The van der Waals surface area contributed by atoms with E-state index in [9.17, 15) is 0 Å². The van der Waals surface area contributed by atoms with Crippen LogP contribution in [0.3, 0.4) is 0 Å². The molecule has 0 spiro atoms. The molecule has 0 aliphatic heterocycles. The number of nitrogens with two attached hydrogens (primary N) is 1. The van der Waals surface area contributed by atoms with Gasteiger partial charge in [0.1, 0.15) is 0 Å². The Balaban J connectivity index is 2.20. The molecule has 84 valence electrons. The predicted molar refractivity (Wildman–Crippen MR) is 63.2 cm³/mol. The van der Waals surface area contributed by atoms with Crippen LogP contribution in [0.5, 0.6) is 0 Å². The van der Waals surface area contributed by atoms with Crippen LogP contribution >= 0.6 is 0 Å². The summed E-state index contributed by atoms with van der Waals surface area (Å²) in [4.78, 5) is 0. The third kappa shape index (κ3) is 4.00. The lowest BCUT2D eigenvalue weighted by Crippen LogP contribution is -2.31. The standard InChI is InChI=1S/C13H27N/c1-3-7-11(2)13(14)10-12-8-5-4-6-9-12/h11-13H,3-10,14H2,1-2H3. The molecule has 14 heavy (non-hydrogen) atoms. The minimum absolute atomic E-state index is 0.457. The first-order chi connectivity index (χ1) is 6.74. The minimum Gasteiger partial charge on any atom is -0.327 e. The van der Waals surface area contributed by atoms with Gasteiger partial charge < -0.3 is 5.73 Å². The molecule has 0 aromatic rings. The summed E-state index contributed by atoms with van der Waals surface area (Å²) < 4.78 is 0. The van der Waals surface area contributed by atoms with Crippen LogP contribution in [0.1, 0.15) is 65.2 Å². The maximum atomic E-state index is 6.23. The van der Waals surface area contributed by atoms with Crippen molar-refractivity contribution < 1.29 is 0 Å². The van der Waals surface area contributed by atoms with Gasteiger partial charge in [0.15, 0.2) is 0 Å². The van der Waals surface area contributed by atoms with Gasteiger partial charge in [0.2, 0.25) is 0 Å². The Hall–Kier alpha value is -0.0400. The Kier molecular flexibility index (Phi) is 5.54. The summed E-state index contributed by atoms with van der Waals surface area (Å²) in [6, 6.07) is 0.457. The Morgan fingerprint density at radius 3 is 2.43 bits per heavy atom. The fourth-order valence-electron chi connectivity index (χ4n) is 2.71. The van der Waals surface area contributed by atoms with Crippen molar-refractivity contribution in [3.63, 3.8) is 0 Å². The van der Waals surface area contributed by atoms with E-state index >= 15 is 0 Å². The van der Waals surface area contributed by atoms with Crippen molar-refractivity contribution in [3.8, 4) is 0 Å². The van der Waals surface area contributed by atoms with E-state index in [0.29, 0.717) is 6.04 Å². The highest BCUT2D eigenvalue weighted by atomic mass is 14.6. The van der Waals surface area contributed by atoms with Gasteiger partial charge in [0.05, 0.1) is 0 Å². The first kappa shape index (κ1) is 12.0. The molecule has 0 heterocycles. The molecule has 1 aliphatic carbocycles. The second kappa shape index (κ2) is 6.44. The average molecular weight is 197 g/mol. The van der Waals surface area contributed by atoms with E-state index in [1.165, 1.54) is 51.4 Å². The van der Waals surface area contributed by atoms with Crippen molar-refractivity contribution in [2.24, 2.45) is 17.6 Å². The van der Waals surface area contributed by atoms with Gasteiger partial charge in [-0.2, -0.15) is 0 Å². The second-order valence-corrected chi connectivity index (χ2v) is 5.17. The van der Waals surface area contributed by atoms with Crippen LogP contribution in [0, 0.1) is 11.8 Å². The molecule has 1 nitrogen and oxygen atoms in total. The lowest BCUT2D eigenvalue weighted by Gasteiger charge is -2.27. The Morgan fingerprint density at radius 2 is 1.86 bits per heavy atom. The molecule has 2 atom stereocenters. The molecule has 1 aliphatic rings. The molecule has 2 unspecified atom stereocenters. The highest BCUT2D eigenvalue weighted by Crippen LogP contribution is 2.28. The average Bonchev–Trinajstić information content (AvgIpc) is 2.19. The van der Waals surface area contributed by atoms with Gasteiger partial charge in [-0.3, -0.25) is 0 Å². The summed E-state index contributed by atoms with van der Waals surface area (Å²) in [5, 5.41) is 0. The Labute approximate surface area is 89.5 Å². The molecule has 0 bridgehead atoms. The Bertz CT molecular complexity index is 138. The maximum Gasteiger partial charge on any atom is 0.00671 e. The van der Waals surface area contributed by atoms with Crippen LogP contribution in [-0.4, -0.2) is 6.04 Å². The van der Waals surface area contributed by atoms with Gasteiger partial charge in [0, 0.05) is 6.04 Å². The zero-order valence-corrected chi connectivity index (χ0v) is 9.97. The van der Waals surface area contributed by atoms with Crippen molar-refractivity contribution in [1.29, 1.82) is 0 Å². The summed E-state index contributed by atoms with van der Waals surface area (Å²) in [6.45, 7) is 4.57. The summed E-state index contributed by atoms with van der Waals surface area (Å²) in [5.41, 5.74) is 6.23. The fraction of sp³-hybridized carbons (Fsp3) is 1.00. The van der Waals surface area contributed by atoms with Crippen LogP contribution in [0.4, 0.5) is 0 Å².